The second-order valence-electron chi connectivity index (χ2n) is 11.2. The highest BCUT2D eigenvalue weighted by atomic mass is 16.7. The fraction of sp³-hybridized carbons (Fsp3) is 0.281. The van der Waals surface area contributed by atoms with Gasteiger partial charge in [-0.05, 0) is 51.1 Å². The van der Waals surface area contributed by atoms with Crippen LogP contribution in [-0.2, 0) is 14.2 Å². The zero-order chi connectivity index (χ0) is 34.9. The molecule has 0 radical (unpaired) electrons. The number of rotatable bonds is 9. The first-order chi connectivity index (χ1) is 22.7. The number of methoxy groups -OCH3 is 1. The van der Waals surface area contributed by atoms with E-state index in [-0.39, 0.29) is 39.3 Å². The molecule has 0 aliphatic carbocycles. The van der Waals surface area contributed by atoms with E-state index in [1.807, 2.05) is 0 Å². The van der Waals surface area contributed by atoms with E-state index in [9.17, 15) is 34.7 Å². The highest BCUT2D eigenvalue weighted by Crippen LogP contribution is 2.39. The van der Waals surface area contributed by atoms with Crippen LogP contribution in [0.1, 0.15) is 29.8 Å². The average Bonchev–Trinajstić information content (AvgIpc) is 3.03. The average molecular weight is 666 g/mol. The van der Waals surface area contributed by atoms with Gasteiger partial charge in [-0.3, -0.25) is 14.9 Å². The van der Waals surface area contributed by atoms with Crippen LogP contribution in [-0.4, -0.2) is 64.4 Å². The number of carbonyl (C=O) groups is 2. The summed E-state index contributed by atoms with van der Waals surface area (Å²) in [6.07, 6.45) is -6.26. The summed E-state index contributed by atoms with van der Waals surface area (Å²) in [5.41, 5.74) is 1.95. The second-order valence-corrected chi connectivity index (χ2v) is 11.2. The lowest BCUT2D eigenvalue weighted by Crippen LogP contribution is -2.65. The lowest BCUT2D eigenvalue weighted by Gasteiger charge is -2.47. The number of aliphatic hydroxyl groups excluding tert-OH is 1. The van der Waals surface area contributed by atoms with E-state index in [1.54, 1.807) is 44.2 Å². The number of benzene rings is 3. The number of nitrogens with zero attached hydrogens (tertiary/aromatic N) is 1. The molecule has 3 aromatic carbocycles. The fourth-order valence-electron chi connectivity index (χ4n) is 5.36. The Morgan fingerprint density at radius 2 is 1.79 bits per heavy atom. The highest BCUT2D eigenvalue weighted by Gasteiger charge is 2.53. The van der Waals surface area contributed by atoms with E-state index < -0.39 is 69.9 Å². The van der Waals surface area contributed by atoms with Crippen LogP contribution in [0, 0.1) is 17.0 Å². The molecule has 0 unspecified atom stereocenters. The number of aliphatic hydroxyl groups is 1. The third-order valence-corrected chi connectivity index (χ3v) is 7.64. The molecule has 1 aromatic heterocycles. The summed E-state index contributed by atoms with van der Waals surface area (Å²) < 4.78 is 33.4. The van der Waals surface area contributed by atoms with Crippen molar-refractivity contribution in [1.29, 1.82) is 0 Å². The first-order valence-corrected chi connectivity index (χ1v) is 14.3. The Hall–Kier alpha value is -5.71. The van der Waals surface area contributed by atoms with Gasteiger partial charge in [-0.2, -0.15) is 0 Å². The van der Waals surface area contributed by atoms with Crippen molar-refractivity contribution in [2.45, 2.75) is 51.0 Å². The number of carbonyl (C=O) groups excluding carboxylic acids is 2. The SMILES string of the molecule is CO[C@@H]1[C@@H](OC(N)=O)[C@@H](O)[C@H](Oc2ccc3c(O)c(NC(=O)c4ccc([N+](=O)[O-])c(Oc5ccccc5)c4)c(=O)oc3c2C)OC1(C)C. The minimum Gasteiger partial charge on any atom is -0.505 e. The number of hydrogen-bond acceptors (Lipinski definition) is 13. The number of aromatic hydroxyl groups is 1. The molecule has 0 spiro atoms. The maximum absolute atomic E-state index is 13.2. The molecular formula is C32H31N3O13. The molecule has 2 heterocycles. The van der Waals surface area contributed by atoms with Gasteiger partial charge in [-0.1, -0.05) is 18.2 Å². The number of nitro benzene ring substituents is 1. The number of para-hydroxylation sites is 1. The largest absolute Gasteiger partial charge is 0.505 e. The zero-order valence-electron chi connectivity index (χ0n) is 26.0. The Morgan fingerprint density at radius 3 is 2.44 bits per heavy atom. The Bertz CT molecular complexity index is 1940. The van der Waals surface area contributed by atoms with Crippen LogP contribution in [0.5, 0.6) is 23.0 Å². The number of anilines is 1. The molecule has 0 bridgehead atoms. The van der Waals surface area contributed by atoms with E-state index in [0.29, 0.717) is 0 Å². The number of primary amides is 1. The monoisotopic (exact) mass is 665 g/mol. The predicted octanol–water partition coefficient (Wildman–Crippen LogP) is 4.11. The Morgan fingerprint density at radius 1 is 1.08 bits per heavy atom. The van der Waals surface area contributed by atoms with Crippen LogP contribution in [0.4, 0.5) is 16.2 Å². The maximum Gasteiger partial charge on any atom is 0.404 e. The molecular weight excluding hydrogens is 634 g/mol. The normalized spacial score (nSPS) is 20.1. The van der Waals surface area contributed by atoms with Gasteiger partial charge in [0.05, 0.1) is 15.9 Å². The molecule has 48 heavy (non-hydrogen) atoms. The number of amides is 2. The summed E-state index contributed by atoms with van der Waals surface area (Å²) in [5.74, 6) is -1.38. The van der Waals surface area contributed by atoms with Crippen molar-refractivity contribution >= 4 is 34.3 Å². The smallest absolute Gasteiger partial charge is 0.404 e. The molecule has 4 aromatic rings. The first-order valence-electron chi connectivity index (χ1n) is 14.3. The topological polar surface area (TPSA) is 232 Å². The number of fused-ring (bicyclic) bond motifs is 1. The molecule has 1 fully saturated rings. The van der Waals surface area contributed by atoms with E-state index >= 15 is 0 Å². The number of nitro groups is 1. The summed E-state index contributed by atoms with van der Waals surface area (Å²) in [6, 6.07) is 14.3. The van der Waals surface area contributed by atoms with Crippen molar-refractivity contribution in [2.24, 2.45) is 5.73 Å². The maximum atomic E-state index is 13.2. The third kappa shape index (κ3) is 6.57. The number of ether oxygens (including phenoxy) is 5. The van der Waals surface area contributed by atoms with E-state index in [0.717, 1.165) is 18.2 Å². The van der Waals surface area contributed by atoms with Crippen molar-refractivity contribution in [3.05, 3.63) is 92.3 Å². The second kappa shape index (κ2) is 13.2. The molecule has 16 nitrogen and oxygen atoms in total. The third-order valence-electron chi connectivity index (χ3n) is 7.64. The minimum absolute atomic E-state index is 0.0198. The van der Waals surface area contributed by atoms with Crippen LogP contribution in [0.15, 0.2) is 69.9 Å². The summed E-state index contributed by atoms with van der Waals surface area (Å²) in [6.45, 7) is 4.78. The van der Waals surface area contributed by atoms with E-state index in [2.05, 4.69) is 5.32 Å². The van der Waals surface area contributed by atoms with Crippen molar-refractivity contribution in [3.63, 3.8) is 0 Å². The van der Waals surface area contributed by atoms with Crippen molar-refractivity contribution in [3.8, 4) is 23.0 Å². The molecule has 1 aliphatic heterocycles. The van der Waals surface area contributed by atoms with Gasteiger partial charge in [0.25, 0.3) is 5.91 Å². The van der Waals surface area contributed by atoms with Gasteiger partial charge in [0.1, 0.15) is 23.2 Å². The van der Waals surface area contributed by atoms with Gasteiger partial charge < -0.3 is 49.4 Å². The van der Waals surface area contributed by atoms with Gasteiger partial charge in [0.15, 0.2) is 23.6 Å². The van der Waals surface area contributed by atoms with Crippen LogP contribution in [0.25, 0.3) is 11.0 Å². The van der Waals surface area contributed by atoms with Crippen molar-refractivity contribution in [1.82, 2.24) is 0 Å². The quantitative estimate of drug-likeness (QED) is 0.112. The standard InChI is InChI=1S/C32H31N3O13/c1-15-20(45-30-24(37)26(47-31(33)40)27(43-4)32(2,3)48-30)13-11-18-23(36)22(29(39)46-25(15)18)34-28(38)16-10-12-19(35(41)42)21(14-16)44-17-8-6-5-7-9-17/h5-14,24,26-27,30,36-37H,1-4H3,(H2,33,40)(H,34,38)/t24-,26+,27-,30-/m1/s1. The Balaban J connectivity index is 1.42. The van der Waals surface area contributed by atoms with Crippen molar-refractivity contribution < 1.29 is 52.8 Å². The van der Waals surface area contributed by atoms with Gasteiger partial charge in [0, 0.05) is 30.4 Å². The van der Waals surface area contributed by atoms with Gasteiger partial charge in [-0.15, -0.1) is 0 Å². The number of aryl methyl sites for hydroxylation is 1. The molecule has 1 saturated heterocycles. The lowest BCUT2D eigenvalue weighted by atomic mass is 9.89. The van der Waals surface area contributed by atoms with Gasteiger partial charge in [-0.25, -0.2) is 9.59 Å². The van der Waals surface area contributed by atoms with Crippen LogP contribution < -0.4 is 26.1 Å². The minimum atomic E-state index is -1.55. The fourth-order valence-corrected chi connectivity index (χ4v) is 5.36. The number of nitrogens with two attached hydrogens (primary N) is 1. The Kier molecular flexibility index (Phi) is 9.24. The zero-order valence-corrected chi connectivity index (χ0v) is 26.0. The predicted molar refractivity (Wildman–Crippen MR) is 167 cm³/mol. The molecule has 5 N–H and O–H groups in total. The van der Waals surface area contributed by atoms with Crippen LogP contribution in [0.2, 0.25) is 0 Å². The van der Waals surface area contributed by atoms with Gasteiger partial charge in [0.2, 0.25) is 12.0 Å². The van der Waals surface area contributed by atoms with E-state index in [1.165, 1.54) is 26.2 Å². The summed E-state index contributed by atoms with van der Waals surface area (Å²) in [4.78, 5) is 48.6. The number of nitrogens with one attached hydrogen (secondary N) is 1. The summed E-state index contributed by atoms with van der Waals surface area (Å²) in [7, 11) is 1.35. The molecule has 1 aliphatic rings. The van der Waals surface area contributed by atoms with Crippen LogP contribution in [0.3, 0.4) is 0 Å². The Labute approximate surface area is 271 Å². The molecule has 16 heteroatoms. The van der Waals surface area contributed by atoms with E-state index in [4.69, 9.17) is 33.8 Å². The lowest BCUT2D eigenvalue weighted by molar-refractivity contribution is -0.385. The first kappa shape index (κ1) is 33.6. The van der Waals surface area contributed by atoms with Crippen molar-refractivity contribution in [2.75, 3.05) is 12.4 Å². The summed E-state index contributed by atoms with van der Waals surface area (Å²) >= 11 is 0. The summed E-state index contributed by atoms with van der Waals surface area (Å²) in [5, 5.41) is 35.9. The molecule has 0 saturated carbocycles. The highest BCUT2D eigenvalue weighted by molar-refractivity contribution is 6.07. The molecule has 252 valence electrons. The van der Waals surface area contributed by atoms with Crippen LogP contribution >= 0.6 is 0 Å². The molecule has 5 rings (SSSR count). The molecule has 4 atom stereocenters. The molecule has 2 amide bonds. The number of hydrogen-bond donors (Lipinski definition) is 4. The van der Waals surface area contributed by atoms with Gasteiger partial charge >= 0.3 is 17.4 Å².